The summed E-state index contributed by atoms with van der Waals surface area (Å²) in [5.74, 6) is 0.0902. The third kappa shape index (κ3) is 8.82. The van der Waals surface area contributed by atoms with Crippen LogP contribution in [0.15, 0.2) is 78.9 Å². The smallest absolute Gasteiger partial charge is 0.251 e. The number of halogens is 2. The molecule has 6 nitrogen and oxygen atoms in total. The molecule has 2 amide bonds. The number of piperidine rings is 1. The van der Waals surface area contributed by atoms with E-state index in [9.17, 15) is 9.59 Å². The monoisotopic (exact) mass is 620 g/mol. The molecule has 0 radical (unpaired) electrons. The molecular weight excluding hydrogens is 579 g/mol. The Morgan fingerprint density at radius 2 is 1.53 bits per heavy atom. The van der Waals surface area contributed by atoms with Gasteiger partial charge in [0.1, 0.15) is 0 Å². The van der Waals surface area contributed by atoms with Crippen LogP contribution >= 0.6 is 23.2 Å². The number of nitrogens with one attached hydrogen (secondary N) is 2. The summed E-state index contributed by atoms with van der Waals surface area (Å²) >= 11 is 12.1. The molecule has 2 fully saturated rings. The number of carbonyl (C=O) groups excluding carboxylic acids is 2. The highest BCUT2D eigenvalue weighted by Gasteiger charge is 2.33. The van der Waals surface area contributed by atoms with Crippen LogP contribution in [0.4, 0.5) is 0 Å². The largest absolute Gasteiger partial charge is 0.352 e. The van der Waals surface area contributed by atoms with E-state index < -0.39 is 0 Å². The second-order valence-electron chi connectivity index (χ2n) is 11.7. The number of likely N-dealkylation sites (tertiary alicyclic amines) is 1. The Morgan fingerprint density at radius 1 is 0.860 bits per heavy atom. The summed E-state index contributed by atoms with van der Waals surface area (Å²) in [6, 6.07) is 25.7. The maximum atomic E-state index is 14.1. The van der Waals surface area contributed by atoms with Gasteiger partial charge in [-0.05, 0) is 74.5 Å². The Kier molecular flexibility index (Phi) is 11.5. The second kappa shape index (κ2) is 15.7. The number of carbonyl (C=O) groups is 2. The highest BCUT2D eigenvalue weighted by atomic mass is 35.5. The topological polar surface area (TPSA) is 64.7 Å². The van der Waals surface area contributed by atoms with Crippen molar-refractivity contribution in [2.24, 2.45) is 0 Å². The first-order chi connectivity index (χ1) is 21.0. The van der Waals surface area contributed by atoms with Crippen LogP contribution in [-0.2, 0) is 4.79 Å². The van der Waals surface area contributed by atoms with Gasteiger partial charge in [-0.25, -0.2) is 0 Å². The van der Waals surface area contributed by atoms with Gasteiger partial charge in [0.15, 0.2) is 0 Å². The van der Waals surface area contributed by atoms with Crippen LogP contribution in [0.3, 0.4) is 0 Å². The maximum absolute atomic E-state index is 14.1. The average molecular weight is 622 g/mol. The lowest BCUT2D eigenvalue weighted by Gasteiger charge is -2.31. The van der Waals surface area contributed by atoms with Crippen LogP contribution in [0, 0.1) is 0 Å². The fourth-order valence-electron chi connectivity index (χ4n) is 6.29. The first kappa shape index (κ1) is 31.5. The molecule has 3 aromatic carbocycles. The van der Waals surface area contributed by atoms with Crippen molar-refractivity contribution in [3.63, 3.8) is 0 Å². The normalized spacial score (nSPS) is 19.8. The molecule has 43 heavy (non-hydrogen) atoms. The molecule has 2 aliphatic rings. The van der Waals surface area contributed by atoms with Crippen molar-refractivity contribution in [3.05, 3.63) is 106 Å². The van der Waals surface area contributed by atoms with Crippen LogP contribution in [0.25, 0.3) is 0 Å². The summed E-state index contributed by atoms with van der Waals surface area (Å²) in [7, 11) is 0. The summed E-state index contributed by atoms with van der Waals surface area (Å²) in [5.41, 5.74) is 2.91. The van der Waals surface area contributed by atoms with Gasteiger partial charge in [0.25, 0.3) is 5.91 Å². The lowest BCUT2D eigenvalue weighted by molar-refractivity contribution is -0.133. The molecule has 2 N–H and O–H groups in total. The standard InChI is InChI=1S/C35H42Cl2N4O2/c36-31-15-14-28(24-32(31)37)34(42)38-19-16-29-17-23-41(35(43)33(39-29)18-22-40-20-8-3-9-21-40)25-30(26-10-4-1-5-11-26)27-12-6-2-7-13-27/h1-2,4-7,10-15,24,29-30,33,39H,3,8-9,16-23,25H2,(H,38,42). The van der Waals surface area contributed by atoms with E-state index >= 15 is 0 Å². The van der Waals surface area contributed by atoms with Crippen LogP contribution < -0.4 is 10.6 Å². The van der Waals surface area contributed by atoms with E-state index in [1.165, 1.54) is 30.4 Å². The van der Waals surface area contributed by atoms with E-state index in [0.717, 1.165) is 38.9 Å². The Labute approximate surface area is 265 Å². The lowest BCUT2D eigenvalue weighted by Crippen LogP contribution is -2.48. The van der Waals surface area contributed by atoms with Crippen molar-refractivity contribution in [3.8, 4) is 0 Å². The van der Waals surface area contributed by atoms with Gasteiger partial charge in [0.05, 0.1) is 16.1 Å². The molecule has 0 aromatic heterocycles. The molecule has 0 aliphatic carbocycles. The Balaban J connectivity index is 1.28. The van der Waals surface area contributed by atoms with Gasteiger partial charge in [-0.15, -0.1) is 0 Å². The van der Waals surface area contributed by atoms with Crippen molar-refractivity contribution >= 4 is 35.0 Å². The van der Waals surface area contributed by atoms with Gasteiger partial charge >= 0.3 is 0 Å². The van der Waals surface area contributed by atoms with Crippen LogP contribution in [0.5, 0.6) is 0 Å². The summed E-state index contributed by atoms with van der Waals surface area (Å²) < 4.78 is 0. The van der Waals surface area contributed by atoms with Gasteiger partial charge in [0.2, 0.25) is 5.91 Å². The molecule has 5 rings (SSSR count). The molecule has 3 aromatic rings. The minimum atomic E-state index is -0.257. The third-order valence-corrected chi connectivity index (χ3v) is 9.48. The molecule has 8 heteroatoms. The fourth-order valence-corrected chi connectivity index (χ4v) is 6.58. The summed E-state index contributed by atoms with van der Waals surface area (Å²) in [6.07, 6.45) is 6.09. The predicted octanol–water partition coefficient (Wildman–Crippen LogP) is 6.38. The van der Waals surface area contributed by atoms with Gasteiger partial charge in [-0.3, -0.25) is 9.59 Å². The van der Waals surface area contributed by atoms with Gasteiger partial charge < -0.3 is 20.4 Å². The fraction of sp³-hybridized carbons (Fsp3) is 0.429. The van der Waals surface area contributed by atoms with Crippen molar-refractivity contribution in [2.75, 3.05) is 39.3 Å². The van der Waals surface area contributed by atoms with Crippen LogP contribution in [0.1, 0.15) is 65.9 Å². The quantitative estimate of drug-likeness (QED) is 0.261. The second-order valence-corrected chi connectivity index (χ2v) is 12.5. The minimum Gasteiger partial charge on any atom is -0.352 e. The third-order valence-electron chi connectivity index (χ3n) is 8.74. The van der Waals surface area contributed by atoms with E-state index in [1.54, 1.807) is 18.2 Å². The summed E-state index contributed by atoms with van der Waals surface area (Å²) in [6.45, 7) is 4.94. The molecule has 2 aliphatic heterocycles. The van der Waals surface area contributed by atoms with E-state index in [0.29, 0.717) is 35.2 Å². The molecule has 2 unspecified atom stereocenters. The Hall–Kier alpha value is -2.90. The van der Waals surface area contributed by atoms with Crippen molar-refractivity contribution in [1.29, 1.82) is 0 Å². The highest BCUT2D eigenvalue weighted by molar-refractivity contribution is 6.42. The number of nitrogens with zero attached hydrogens (tertiary/aromatic N) is 2. The zero-order chi connectivity index (χ0) is 30.0. The zero-order valence-electron chi connectivity index (χ0n) is 24.7. The number of amides is 2. The highest BCUT2D eigenvalue weighted by Crippen LogP contribution is 2.27. The zero-order valence-corrected chi connectivity index (χ0v) is 26.2. The van der Waals surface area contributed by atoms with Gasteiger partial charge in [0, 0.05) is 43.7 Å². The van der Waals surface area contributed by atoms with Crippen LogP contribution in [-0.4, -0.2) is 73.0 Å². The Morgan fingerprint density at radius 3 is 2.19 bits per heavy atom. The van der Waals surface area contributed by atoms with Crippen LogP contribution in [0.2, 0.25) is 10.0 Å². The number of hydrogen-bond donors (Lipinski definition) is 2. The van der Waals surface area contributed by atoms with E-state index in [1.807, 2.05) is 12.1 Å². The SMILES string of the molecule is O=C(NCCC1CCN(CC(c2ccccc2)c2ccccc2)C(=O)C(CCN2CCCCC2)N1)c1ccc(Cl)c(Cl)c1. The van der Waals surface area contributed by atoms with Gasteiger partial charge in [-0.2, -0.15) is 0 Å². The van der Waals surface area contributed by atoms with Crippen molar-refractivity contribution < 1.29 is 9.59 Å². The molecule has 0 saturated carbocycles. The van der Waals surface area contributed by atoms with E-state index in [-0.39, 0.29) is 29.8 Å². The number of rotatable bonds is 11. The first-order valence-electron chi connectivity index (χ1n) is 15.6. The molecule has 228 valence electrons. The minimum absolute atomic E-state index is 0.0936. The number of benzene rings is 3. The summed E-state index contributed by atoms with van der Waals surface area (Å²) in [4.78, 5) is 31.5. The van der Waals surface area contributed by atoms with Crippen molar-refractivity contribution in [2.45, 2.75) is 56.5 Å². The van der Waals surface area contributed by atoms with Gasteiger partial charge in [-0.1, -0.05) is 90.3 Å². The molecule has 2 heterocycles. The lowest BCUT2D eigenvalue weighted by atomic mass is 9.90. The first-order valence-corrected chi connectivity index (χ1v) is 16.3. The summed E-state index contributed by atoms with van der Waals surface area (Å²) in [5, 5.41) is 7.52. The molecule has 2 saturated heterocycles. The number of hydrogen-bond acceptors (Lipinski definition) is 4. The maximum Gasteiger partial charge on any atom is 0.251 e. The van der Waals surface area contributed by atoms with Crippen molar-refractivity contribution in [1.82, 2.24) is 20.4 Å². The average Bonchev–Trinajstić information content (AvgIpc) is 3.19. The molecule has 0 spiro atoms. The predicted molar refractivity (Wildman–Crippen MR) is 175 cm³/mol. The van der Waals surface area contributed by atoms with E-state index in [2.05, 4.69) is 69.0 Å². The Bertz CT molecular complexity index is 1290. The van der Waals surface area contributed by atoms with E-state index in [4.69, 9.17) is 23.2 Å². The molecule has 2 atom stereocenters. The molecular formula is C35H42Cl2N4O2. The molecule has 0 bridgehead atoms.